The van der Waals surface area contributed by atoms with Crippen molar-refractivity contribution < 1.29 is 37.6 Å². The third-order valence-electron chi connectivity index (χ3n) is 4.98. The zero-order valence-corrected chi connectivity index (χ0v) is 20.7. The van der Waals surface area contributed by atoms with Gasteiger partial charge in [0.05, 0.1) is 25.7 Å². The Kier molecular flexibility index (Phi) is 14.0. The Labute approximate surface area is 196 Å². The number of unbranched alkanes of at least 4 members (excludes halogenated alkanes) is 1. The molecule has 1 rings (SSSR count). The minimum Gasteiger partial charge on any atom is -0.480 e. The van der Waals surface area contributed by atoms with Gasteiger partial charge in [0, 0.05) is 12.8 Å². The molecule has 0 saturated heterocycles. The molecule has 0 spiro atoms. The van der Waals surface area contributed by atoms with Crippen molar-refractivity contribution in [2.24, 2.45) is 5.92 Å². The van der Waals surface area contributed by atoms with Crippen LogP contribution < -0.4 is 5.32 Å². The second-order valence-corrected chi connectivity index (χ2v) is 9.95. The second-order valence-electron chi connectivity index (χ2n) is 8.49. The van der Waals surface area contributed by atoms with E-state index in [0.717, 1.165) is 36.8 Å². The maximum Gasteiger partial charge on any atom is 0.472 e. The molecule has 0 aliphatic rings. The van der Waals surface area contributed by atoms with E-state index < -0.39 is 25.7 Å². The minimum atomic E-state index is -4.25. The highest BCUT2D eigenvalue weighted by Gasteiger charge is 2.24. The van der Waals surface area contributed by atoms with Gasteiger partial charge in [-0.1, -0.05) is 38.3 Å². The second kappa shape index (κ2) is 15.8. The van der Waals surface area contributed by atoms with E-state index in [1.807, 2.05) is 19.1 Å². The summed E-state index contributed by atoms with van der Waals surface area (Å²) in [6, 6.07) is 0.691. The molecule has 0 aliphatic heterocycles. The lowest BCUT2D eigenvalue weighted by molar-refractivity contribution is -0.142. The molecule has 1 amide bonds. The SMILES string of the molecule is CC(=CCCc1ccoc1)CCC(=O)N[C@H](CCOP(=O)(O)OCCCCC(C)C)C(=O)O. The van der Waals surface area contributed by atoms with Gasteiger partial charge < -0.3 is 19.7 Å². The lowest BCUT2D eigenvalue weighted by Gasteiger charge is -2.16. The summed E-state index contributed by atoms with van der Waals surface area (Å²) >= 11 is 0. The summed E-state index contributed by atoms with van der Waals surface area (Å²) in [5.41, 5.74) is 2.14. The van der Waals surface area contributed by atoms with Gasteiger partial charge in [-0.05, 0) is 50.2 Å². The smallest absolute Gasteiger partial charge is 0.472 e. The molecule has 33 heavy (non-hydrogen) atoms. The molecule has 0 radical (unpaired) electrons. The van der Waals surface area contributed by atoms with Gasteiger partial charge in [0.15, 0.2) is 0 Å². The molecule has 1 aromatic rings. The number of hydrogen-bond acceptors (Lipinski definition) is 6. The van der Waals surface area contributed by atoms with Crippen molar-refractivity contribution in [2.75, 3.05) is 13.2 Å². The van der Waals surface area contributed by atoms with Crippen LogP contribution in [0, 0.1) is 5.92 Å². The van der Waals surface area contributed by atoms with E-state index in [1.54, 1.807) is 12.5 Å². The topological polar surface area (TPSA) is 135 Å². The average molecular weight is 488 g/mol. The van der Waals surface area contributed by atoms with Crippen LogP contribution in [0.25, 0.3) is 0 Å². The van der Waals surface area contributed by atoms with Crippen molar-refractivity contribution in [3.05, 3.63) is 35.8 Å². The number of carbonyl (C=O) groups excluding carboxylic acids is 1. The van der Waals surface area contributed by atoms with E-state index in [0.29, 0.717) is 18.8 Å². The molecule has 1 unspecified atom stereocenters. The number of furan rings is 1. The van der Waals surface area contributed by atoms with Gasteiger partial charge in [-0.2, -0.15) is 0 Å². The van der Waals surface area contributed by atoms with Crippen molar-refractivity contribution >= 4 is 19.7 Å². The highest BCUT2D eigenvalue weighted by atomic mass is 31.2. The molecule has 0 bridgehead atoms. The summed E-state index contributed by atoms with van der Waals surface area (Å²) in [7, 11) is -4.25. The number of phosphoric ester groups is 1. The van der Waals surface area contributed by atoms with Crippen LogP contribution in [0.3, 0.4) is 0 Å². The van der Waals surface area contributed by atoms with Crippen LogP contribution in [0.5, 0.6) is 0 Å². The fourth-order valence-corrected chi connectivity index (χ4v) is 3.79. The van der Waals surface area contributed by atoms with Crippen LogP contribution in [-0.2, 0) is 29.6 Å². The van der Waals surface area contributed by atoms with Crippen LogP contribution in [-0.4, -0.2) is 41.1 Å². The van der Waals surface area contributed by atoms with Gasteiger partial charge >= 0.3 is 13.8 Å². The van der Waals surface area contributed by atoms with Crippen LogP contribution >= 0.6 is 7.82 Å². The number of rotatable bonds is 18. The summed E-state index contributed by atoms with van der Waals surface area (Å²) < 4.78 is 26.7. The summed E-state index contributed by atoms with van der Waals surface area (Å²) in [5.74, 6) is -1.08. The molecule has 0 aromatic carbocycles. The van der Waals surface area contributed by atoms with Gasteiger partial charge in [0.25, 0.3) is 0 Å². The van der Waals surface area contributed by atoms with E-state index in [9.17, 15) is 24.2 Å². The van der Waals surface area contributed by atoms with Gasteiger partial charge in [0.1, 0.15) is 6.04 Å². The maximum absolute atomic E-state index is 12.1. The van der Waals surface area contributed by atoms with Gasteiger partial charge in [-0.3, -0.25) is 13.8 Å². The maximum atomic E-state index is 12.1. The monoisotopic (exact) mass is 487 g/mol. The molecule has 0 aliphatic carbocycles. The number of allylic oxidation sites excluding steroid dienone is 2. The number of carboxylic acids is 1. The molecule has 3 N–H and O–H groups in total. The van der Waals surface area contributed by atoms with Crippen LogP contribution in [0.15, 0.2) is 34.7 Å². The van der Waals surface area contributed by atoms with Crippen LogP contribution in [0.4, 0.5) is 0 Å². The molecule has 188 valence electrons. The Morgan fingerprint density at radius 2 is 1.91 bits per heavy atom. The van der Waals surface area contributed by atoms with Crippen molar-refractivity contribution in [3.63, 3.8) is 0 Å². The summed E-state index contributed by atoms with van der Waals surface area (Å²) in [5, 5.41) is 11.8. The summed E-state index contributed by atoms with van der Waals surface area (Å²) in [6.07, 6.45) is 10.1. The molecule has 0 saturated carbocycles. The van der Waals surface area contributed by atoms with Crippen LogP contribution in [0.2, 0.25) is 0 Å². The molecule has 9 nitrogen and oxygen atoms in total. The normalized spacial score (nSPS) is 14.8. The molecular weight excluding hydrogens is 449 g/mol. The zero-order chi connectivity index (χ0) is 24.7. The van der Waals surface area contributed by atoms with Gasteiger partial charge in [0.2, 0.25) is 5.91 Å². The summed E-state index contributed by atoms with van der Waals surface area (Å²) in [6.45, 7) is 5.88. The zero-order valence-electron chi connectivity index (χ0n) is 19.8. The van der Waals surface area contributed by atoms with E-state index >= 15 is 0 Å². The summed E-state index contributed by atoms with van der Waals surface area (Å²) in [4.78, 5) is 33.3. The quantitative estimate of drug-likeness (QED) is 0.152. The standard InChI is InChI=1S/C23H38NO8P/c1-18(2)7-4-5-14-31-33(28,29)32-16-13-21(23(26)27)24-22(25)11-10-19(3)8-6-9-20-12-15-30-17-20/h8,12,15,17-18,21H,4-7,9-11,13-14,16H2,1-3H3,(H,24,25)(H,26,27)(H,28,29)/t21-/m1/s1. The first-order valence-corrected chi connectivity index (χ1v) is 12.9. The first-order chi connectivity index (χ1) is 15.6. The number of aliphatic carboxylic acids is 1. The van der Waals surface area contributed by atoms with Crippen molar-refractivity contribution in [3.8, 4) is 0 Å². The number of nitrogens with one attached hydrogen (secondary N) is 1. The van der Waals surface area contributed by atoms with E-state index in [1.165, 1.54) is 0 Å². The third-order valence-corrected chi connectivity index (χ3v) is 5.99. The third kappa shape index (κ3) is 14.8. The molecule has 1 heterocycles. The van der Waals surface area contributed by atoms with E-state index in [2.05, 4.69) is 19.2 Å². The van der Waals surface area contributed by atoms with Crippen molar-refractivity contribution in [2.45, 2.75) is 78.2 Å². The number of carbonyl (C=O) groups is 2. The van der Waals surface area contributed by atoms with Crippen LogP contribution in [0.1, 0.15) is 71.3 Å². The lowest BCUT2D eigenvalue weighted by atomic mass is 10.1. The van der Waals surface area contributed by atoms with Crippen molar-refractivity contribution in [1.82, 2.24) is 5.32 Å². The average Bonchev–Trinajstić information content (AvgIpc) is 3.24. The Hall–Kier alpha value is -1.93. The minimum absolute atomic E-state index is 0.0918. The largest absolute Gasteiger partial charge is 0.480 e. The lowest BCUT2D eigenvalue weighted by Crippen LogP contribution is -2.41. The fraction of sp³-hybridized carbons (Fsp3) is 0.652. The predicted octanol–water partition coefficient (Wildman–Crippen LogP) is 4.86. The molecule has 0 fully saturated rings. The van der Waals surface area contributed by atoms with Gasteiger partial charge in [-0.25, -0.2) is 9.36 Å². The Morgan fingerprint density at radius 3 is 2.55 bits per heavy atom. The number of amides is 1. The number of carboxylic acid groups (broad SMARTS) is 1. The Balaban J connectivity index is 2.29. The fourth-order valence-electron chi connectivity index (χ4n) is 3.01. The molecule has 10 heteroatoms. The first kappa shape index (κ1) is 29.1. The first-order valence-electron chi connectivity index (χ1n) is 11.4. The van der Waals surface area contributed by atoms with E-state index in [-0.39, 0.29) is 26.1 Å². The molecule has 1 aromatic heterocycles. The Morgan fingerprint density at radius 1 is 1.18 bits per heavy atom. The van der Waals surface area contributed by atoms with E-state index in [4.69, 9.17) is 13.5 Å². The van der Waals surface area contributed by atoms with Crippen molar-refractivity contribution in [1.29, 1.82) is 0 Å². The molecule has 2 atom stereocenters. The number of phosphoric acid groups is 1. The highest BCUT2D eigenvalue weighted by molar-refractivity contribution is 7.47. The Bertz CT molecular complexity index is 775. The number of hydrogen-bond donors (Lipinski definition) is 3. The highest BCUT2D eigenvalue weighted by Crippen LogP contribution is 2.43. The predicted molar refractivity (Wildman–Crippen MR) is 125 cm³/mol. The van der Waals surface area contributed by atoms with Gasteiger partial charge in [-0.15, -0.1) is 0 Å². The molecular formula is C23H38NO8P. The number of aryl methyl sites for hydroxylation is 1.